The van der Waals surface area contributed by atoms with Crippen molar-refractivity contribution >= 4 is 52.4 Å². The Morgan fingerprint density at radius 1 is 1.08 bits per heavy atom. The van der Waals surface area contributed by atoms with E-state index in [2.05, 4.69) is 5.32 Å². The highest BCUT2D eigenvalue weighted by Crippen LogP contribution is 2.32. The van der Waals surface area contributed by atoms with Crippen LogP contribution in [0.3, 0.4) is 0 Å². The molecule has 8 heteroatoms. The van der Waals surface area contributed by atoms with E-state index in [0.29, 0.717) is 0 Å². The molecule has 0 unspecified atom stereocenters. The molecule has 0 heterocycles. The monoisotopic (exact) mass is 387 g/mol. The summed E-state index contributed by atoms with van der Waals surface area (Å²) < 4.78 is 4.88. The molecule has 1 amide bonds. The summed E-state index contributed by atoms with van der Waals surface area (Å²) >= 11 is 17.6. The lowest BCUT2D eigenvalue weighted by atomic mass is 10.1. The summed E-state index contributed by atoms with van der Waals surface area (Å²) in [7, 11) is 0. The van der Waals surface area contributed by atoms with E-state index in [-0.39, 0.29) is 32.1 Å². The smallest absolute Gasteiger partial charge is 0.342 e. The van der Waals surface area contributed by atoms with Crippen molar-refractivity contribution in [2.24, 2.45) is 0 Å². The van der Waals surface area contributed by atoms with E-state index in [1.807, 2.05) is 0 Å². The second-order valence-corrected chi connectivity index (χ2v) is 6.11. The fraction of sp³-hybridized carbons (Fsp3) is 0.125. The highest BCUT2D eigenvalue weighted by molar-refractivity contribution is 6.44. The van der Waals surface area contributed by atoms with E-state index in [1.54, 1.807) is 13.0 Å². The number of ether oxygens (including phenoxy) is 1. The number of phenols is 1. The first-order valence-electron chi connectivity index (χ1n) is 6.69. The van der Waals surface area contributed by atoms with Gasteiger partial charge >= 0.3 is 5.97 Å². The average molecular weight is 389 g/mol. The van der Waals surface area contributed by atoms with Crippen molar-refractivity contribution in [1.29, 1.82) is 0 Å². The Labute approximate surface area is 153 Å². The van der Waals surface area contributed by atoms with Gasteiger partial charge in [-0.1, -0.05) is 46.4 Å². The molecule has 0 saturated carbocycles. The molecule has 0 atom stereocenters. The van der Waals surface area contributed by atoms with Gasteiger partial charge in [-0.05, 0) is 31.2 Å². The van der Waals surface area contributed by atoms with Gasteiger partial charge < -0.3 is 15.2 Å². The molecule has 2 N–H and O–H groups in total. The molecule has 0 aliphatic carbocycles. The number of benzene rings is 2. The molecular weight excluding hydrogens is 377 g/mol. The molecule has 0 spiro atoms. The van der Waals surface area contributed by atoms with E-state index in [0.717, 1.165) is 5.56 Å². The van der Waals surface area contributed by atoms with Gasteiger partial charge in [-0.25, -0.2) is 4.79 Å². The van der Waals surface area contributed by atoms with E-state index in [1.165, 1.54) is 24.3 Å². The van der Waals surface area contributed by atoms with E-state index in [9.17, 15) is 14.7 Å². The summed E-state index contributed by atoms with van der Waals surface area (Å²) in [5, 5.41) is 12.8. The van der Waals surface area contributed by atoms with Crippen molar-refractivity contribution in [3.63, 3.8) is 0 Å². The molecular formula is C16H12Cl3NO4. The molecule has 0 saturated heterocycles. The molecule has 2 rings (SSSR count). The third-order valence-corrected chi connectivity index (χ3v) is 4.03. The zero-order valence-corrected chi connectivity index (χ0v) is 14.7. The van der Waals surface area contributed by atoms with Crippen LogP contribution in [0.5, 0.6) is 5.75 Å². The molecule has 24 heavy (non-hydrogen) atoms. The van der Waals surface area contributed by atoms with Crippen molar-refractivity contribution in [3.05, 3.63) is 56.5 Å². The van der Waals surface area contributed by atoms with Gasteiger partial charge in [0.1, 0.15) is 11.3 Å². The minimum absolute atomic E-state index is 0.0182. The quantitative estimate of drug-likeness (QED) is 0.599. The summed E-state index contributed by atoms with van der Waals surface area (Å²) in [6, 6.07) is 7.26. The Bertz CT molecular complexity index is 808. The van der Waals surface area contributed by atoms with Crippen LogP contribution in [0.15, 0.2) is 30.3 Å². The Morgan fingerprint density at radius 2 is 1.75 bits per heavy atom. The lowest BCUT2D eigenvalue weighted by molar-refractivity contribution is -0.119. The van der Waals surface area contributed by atoms with Crippen molar-refractivity contribution in [2.75, 3.05) is 11.9 Å². The first-order chi connectivity index (χ1) is 11.3. The fourth-order valence-electron chi connectivity index (χ4n) is 1.83. The number of aromatic hydroxyl groups is 1. The van der Waals surface area contributed by atoms with Gasteiger partial charge in [-0.2, -0.15) is 0 Å². The topological polar surface area (TPSA) is 75.6 Å². The van der Waals surface area contributed by atoms with Crippen LogP contribution in [0.2, 0.25) is 15.1 Å². The summed E-state index contributed by atoms with van der Waals surface area (Å²) in [6.45, 7) is 1.21. The number of rotatable bonds is 4. The predicted octanol–water partition coefficient (Wildman–Crippen LogP) is 4.46. The van der Waals surface area contributed by atoms with Crippen LogP contribution < -0.4 is 5.32 Å². The molecule has 0 aromatic heterocycles. The Kier molecular flexibility index (Phi) is 5.94. The molecule has 0 aliphatic rings. The molecule has 0 bridgehead atoms. The van der Waals surface area contributed by atoms with Gasteiger partial charge in [0.25, 0.3) is 5.91 Å². The van der Waals surface area contributed by atoms with Gasteiger partial charge in [0, 0.05) is 0 Å². The summed E-state index contributed by atoms with van der Waals surface area (Å²) in [4.78, 5) is 23.8. The fourth-order valence-corrected chi connectivity index (χ4v) is 2.42. The van der Waals surface area contributed by atoms with Crippen LogP contribution in [0.25, 0.3) is 0 Å². The molecule has 2 aromatic carbocycles. The lowest BCUT2D eigenvalue weighted by Gasteiger charge is -2.10. The maximum absolute atomic E-state index is 11.9. The van der Waals surface area contributed by atoms with Crippen LogP contribution in [0, 0.1) is 6.92 Å². The SMILES string of the molecule is Cc1ccc(O)c(C(=O)OCC(=O)Nc2cc(Cl)c(Cl)cc2Cl)c1. The van der Waals surface area contributed by atoms with Crippen LogP contribution in [-0.4, -0.2) is 23.6 Å². The largest absolute Gasteiger partial charge is 0.507 e. The number of hydrogen-bond donors (Lipinski definition) is 2. The third kappa shape index (κ3) is 4.54. The van der Waals surface area contributed by atoms with Crippen LogP contribution in [0.1, 0.15) is 15.9 Å². The number of esters is 1. The van der Waals surface area contributed by atoms with Gasteiger partial charge in [0.15, 0.2) is 6.61 Å². The van der Waals surface area contributed by atoms with E-state index in [4.69, 9.17) is 39.5 Å². The Hall–Kier alpha value is -1.95. The van der Waals surface area contributed by atoms with Crippen LogP contribution >= 0.6 is 34.8 Å². The Morgan fingerprint density at radius 3 is 2.46 bits per heavy atom. The lowest BCUT2D eigenvalue weighted by Crippen LogP contribution is -2.21. The molecule has 5 nitrogen and oxygen atoms in total. The molecule has 0 aliphatic heterocycles. The molecule has 2 aromatic rings. The number of nitrogens with one attached hydrogen (secondary N) is 1. The maximum atomic E-state index is 11.9. The van der Waals surface area contributed by atoms with Gasteiger partial charge in [0.2, 0.25) is 0 Å². The first kappa shape index (κ1) is 18.4. The van der Waals surface area contributed by atoms with E-state index >= 15 is 0 Å². The van der Waals surface area contributed by atoms with Gasteiger partial charge in [0.05, 0.1) is 20.8 Å². The summed E-state index contributed by atoms with van der Waals surface area (Å²) in [5.74, 6) is -1.65. The highest BCUT2D eigenvalue weighted by Gasteiger charge is 2.15. The van der Waals surface area contributed by atoms with Crippen LogP contribution in [0.4, 0.5) is 5.69 Å². The maximum Gasteiger partial charge on any atom is 0.342 e. The normalized spacial score (nSPS) is 10.3. The zero-order chi connectivity index (χ0) is 17.9. The molecule has 126 valence electrons. The number of hydrogen-bond acceptors (Lipinski definition) is 4. The van der Waals surface area contributed by atoms with Crippen molar-refractivity contribution in [1.82, 2.24) is 0 Å². The zero-order valence-electron chi connectivity index (χ0n) is 12.4. The number of amides is 1. The van der Waals surface area contributed by atoms with Crippen LogP contribution in [-0.2, 0) is 9.53 Å². The Balaban J connectivity index is 2.00. The second-order valence-electron chi connectivity index (χ2n) is 4.89. The number of carbonyl (C=O) groups is 2. The van der Waals surface area contributed by atoms with Gasteiger partial charge in [-0.15, -0.1) is 0 Å². The minimum Gasteiger partial charge on any atom is -0.507 e. The van der Waals surface area contributed by atoms with Crippen molar-refractivity contribution in [3.8, 4) is 5.75 Å². The molecule has 0 radical (unpaired) electrons. The number of carbonyl (C=O) groups excluding carboxylic acids is 2. The number of phenolic OH excluding ortho intramolecular Hbond substituents is 1. The van der Waals surface area contributed by atoms with Crippen molar-refractivity contribution < 1.29 is 19.4 Å². The minimum atomic E-state index is -0.813. The third-order valence-electron chi connectivity index (χ3n) is 2.99. The standard InChI is InChI=1S/C16H12Cl3NO4/c1-8-2-3-14(21)9(4-8)16(23)24-7-15(22)20-13-6-11(18)10(17)5-12(13)19/h2-6,21H,7H2,1H3,(H,20,22). The highest BCUT2D eigenvalue weighted by atomic mass is 35.5. The number of halogens is 3. The van der Waals surface area contributed by atoms with Crippen molar-refractivity contribution in [2.45, 2.75) is 6.92 Å². The summed E-state index contributed by atoms with van der Waals surface area (Å²) in [5.41, 5.74) is 0.993. The average Bonchev–Trinajstić information content (AvgIpc) is 2.52. The van der Waals surface area contributed by atoms with E-state index < -0.39 is 18.5 Å². The number of aryl methyl sites for hydroxylation is 1. The van der Waals surface area contributed by atoms with Gasteiger partial charge in [-0.3, -0.25) is 4.79 Å². The first-order valence-corrected chi connectivity index (χ1v) is 7.82. The second kappa shape index (κ2) is 7.75. The number of anilines is 1. The summed E-state index contributed by atoms with van der Waals surface area (Å²) in [6.07, 6.45) is 0. The molecule has 0 fully saturated rings. The predicted molar refractivity (Wildman–Crippen MR) is 93.2 cm³/mol.